The minimum Gasteiger partial charge on any atom is -0.489 e. The third-order valence-corrected chi connectivity index (χ3v) is 3.43. The molecule has 1 N–H and O–H groups in total. The molecular weight excluding hydrogens is 246 g/mol. The van der Waals surface area contributed by atoms with Crippen molar-refractivity contribution in [2.75, 3.05) is 7.05 Å². The van der Waals surface area contributed by atoms with Crippen LogP contribution >= 0.6 is 0 Å². The van der Waals surface area contributed by atoms with Gasteiger partial charge in [-0.3, -0.25) is 0 Å². The van der Waals surface area contributed by atoms with E-state index in [1.54, 1.807) is 0 Å². The molecular formula is C18H23NO. The van der Waals surface area contributed by atoms with Crippen molar-refractivity contribution in [3.05, 3.63) is 65.2 Å². The summed E-state index contributed by atoms with van der Waals surface area (Å²) in [6.45, 7) is 5.87. The summed E-state index contributed by atoms with van der Waals surface area (Å²) < 4.78 is 5.89. The number of ether oxygens (including phenoxy) is 1. The molecule has 0 spiro atoms. The van der Waals surface area contributed by atoms with Crippen molar-refractivity contribution in [2.24, 2.45) is 0 Å². The van der Waals surface area contributed by atoms with Crippen LogP contribution in [0.15, 0.2) is 48.5 Å². The fraction of sp³-hybridized carbons (Fsp3) is 0.333. The zero-order chi connectivity index (χ0) is 14.4. The number of rotatable bonds is 6. The topological polar surface area (TPSA) is 21.3 Å². The van der Waals surface area contributed by atoms with Gasteiger partial charge in [0.05, 0.1) is 0 Å². The van der Waals surface area contributed by atoms with E-state index >= 15 is 0 Å². The lowest BCUT2D eigenvalue weighted by atomic mass is 10.0. The van der Waals surface area contributed by atoms with Crippen LogP contribution in [0.2, 0.25) is 0 Å². The van der Waals surface area contributed by atoms with Crippen molar-refractivity contribution in [3.63, 3.8) is 0 Å². The van der Waals surface area contributed by atoms with Gasteiger partial charge in [-0.25, -0.2) is 0 Å². The van der Waals surface area contributed by atoms with Gasteiger partial charge in [-0.2, -0.15) is 0 Å². The van der Waals surface area contributed by atoms with E-state index in [0.717, 1.165) is 12.3 Å². The van der Waals surface area contributed by atoms with Gasteiger partial charge in [0.1, 0.15) is 12.4 Å². The Hall–Kier alpha value is -1.80. The molecule has 0 aromatic heterocycles. The lowest BCUT2D eigenvalue weighted by Gasteiger charge is -2.12. The summed E-state index contributed by atoms with van der Waals surface area (Å²) in [6, 6.07) is 16.8. The highest BCUT2D eigenvalue weighted by atomic mass is 16.5. The van der Waals surface area contributed by atoms with Crippen molar-refractivity contribution < 1.29 is 4.74 Å². The third kappa shape index (κ3) is 3.84. The van der Waals surface area contributed by atoms with Gasteiger partial charge in [-0.05, 0) is 41.8 Å². The average Bonchev–Trinajstić information content (AvgIpc) is 2.47. The van der Waals surface area contributed by atoms with Gasteiger partial charge in [-0.1, -0.05) is 50.2 Å². The molecule has 0 bridgehead atoms. The molecule has 0 atom stereocenters. The number of hydrogen-bond donors (Lipinski definition) is 1. The van der Waals surface area contributed by atoms with Crippen LogP contribution in [-0.4, -0.2) is 7.05 Å². The molecule has 0 aliphatic rings. The zero-order valence-electron chi connectivity index (χ0n) is 12.5. The SMILES string of the molecule is CNCc1ccccc1COc1ccc(C(C)C)cc1. The number of nitrogens with one attached hydrogen (secondary N) is 1. The van der Waals surface area contributed by atoms with Gasteiger partial charge in [0.25, 0.3) is 0 Å². The minimum absolute atomic E-state index is 0.556. The van der Waals surface area contributed by atoms with E-state index in [1.807, 2.05) is 7.05 Å². The molecule has 106 valence electrons. The second-order valence-electron chi connectivity index (χ2n) is 5.31. The Labute approximate surface area is 121 Å². The summed E-state index contributed by atoms with van der Waals surface area (Å²) in [5.74, 6) is 1.48. The van der Waals surface area contributed by atoms with E-state index in [1.165, 1.54) is 16.7 Å². The summed E-state index contributed by atoms with van der Waals surface area (Å²) in [5, 5.41) is 3.19. The fourth-order valence-corrected chi connectivity index (χ4v) is 2.17. The molecule has 2 nitrogen and oxygen atoms in total. The maximum atomic E-state index is 5.89. The van der Waals surface area contributed by atoms with E-state index < -0.39 is 0 Å². The normalized spacial score (nSPS) is 10.8. The molecule has 0 fully saturated rings. The van der Waals surface area contributed by atoms with E-state index in [2.05, 4.69) is 67.7 Å². The summed E-state index contributed by atoms with van der Waals surface area (Å²) >= 11 is 0. The first-order valence-corrected chi connectivity index (χ1v) is 7.15. The average molecular weight is 269 g/mol. The van der Waals surface area contributed by atoms with Gasteiger partial charge in [0, 0.05) is 6.54 Å². The number of hydrogen-bond acceptors (Lipinski definition) is 2. The van der Waals surface area contributed by atoms with Crippen molar-refractivity contribution in [1.29, 1.82) is 0 Å². The molecule has 20 heavy (non-hydrogen) atoms. The molecule has 0 unspecified atom stereocenters. The van der Waals surface area contributed by atoms with Crippen molar-refractivity contribution in [2.45, 2.75) is 32.9 Å². The predicted octanol–water partition coefficient (Wildman–Crippen LogP) is 4.11. The molecule has 2 aromatic rings. The largest absolute Gasteiger partial charge is 0.489 e. The third-order valence-electron chi connectivity index (χ3n) is 3.43. The number of benzene rings is 2. The highest BCUT2D eigenvalue weighted by Gasteiger charge is 2.03. The van der Waals surface area contributed by atoms with E-state index in [0.29, 0.717) is 12.5 Å². The van der Waals surface area contributed by atoms with E-state index in [4.69, 9.17) is 4.74 Å². The quantitative estimate of drug-likeness (QED) is 0.852. The van der Waals surface area contributed by atoms with Crippen LogP contribution in [0.5, 0.6) is 5.75 Å². The second kappa shape index (κ2) is 7.11. The Morgan fingerprint density at radius 2 is 1.60 bits per heavy atom. The smallest absolute Gasteiger partial charge is 0.119 e. The lowest BCUT2D eigenvalue weighted by molar-refractivity contribution is 0.304. The highest BCUT2D eigenvalue weighted by Crippen LogP contribution is 2.20. The van der Waals surface area contributed by atoms with Crippen LogP contribution in [0.25, 0.3) is 0 Å². The summed E-state index contributed by atoms with van der Waals surface area (Å²) in [5.41, 5.74) is 3.86. The van der Waals surface area contributed by atoms with E-state index in [-0.39, 0.29) is 0 Å². The summed E-state index contributed by atoms with van der Waals surface area (Å²) in [6.07, 6.45) is 0. The maximum absolute atomic E-state index is 5.89. The van der Waals surface area contributed by atoms with E-state index in [9.17, 15) is 0 Å². The molecule has 0 heterocycles. The van der Waals surface area contributed by atoms with Crippen molar-refractivity contribution in [3.8, 4) is 5.75 Å². The van der Waals surface area contributed by atoms with Crippen LogP contribution in [-0.2, 0) is 13.2 Å². The van der Waals surface area contributed by atoms with Gasteiger partial charge in [0.15, 0.2) is 0 Å². The van der Waals surface area contributed by atoms with Crippen LogP contribution in [0.3, 0.4) is 0 Å². The summed E-state index contributed by atoms with van der Waals surface area (Å²) in [7, 11) is 1.96. The molecule has 0 aliphatic heterocycles. The lowest BCUT2D eigenvalue weighted by Crippen LogP contribution is -2.09. The molecule has 2 heteroatoms. The van der Waals surface area contributed by atoms with Gasteiger partial charge >= 0.3 is 0 Å². The molecule has 0 saturated heterocycles. The Bertz CT molecular complexity index is 531. The minimum atomic E-state index is 0.556. The van der Waals surface area contributed by atoms with Crippen LogP contribution < -0.4 is 10.1 Å². The Morgan fingerprint density at radius 1 is 0.950 bits per heavy atom. The molecule has 0 radical (unpaired) electrons. The molecule has 0 amide bonds. The Morgan fingerprint density at radius 3 is 2.20 bits per heavy atom. The highest BCUT2D eigenvalue weighted by molar-refractivity contribution is 5.30. The van der Waals surface area contributed by atoms with Crippen LogP contribution in [0.1, 0.15) is 36.5 Å². The zero-order valence-corrected chi connectivity index (χ0v) is 12.5. The van der Waals surface area contributed by atoms with Crippen molar-refractivity contribution >= 4 is 0 Å². The van der Waals surface area contributed by atoms with Gasteiger partial charge in [-0.15, -0.1) is 0 Å². The first kappa shape index (κ1) is 14.6. The molecule has 0 saturated carbocycles. The maximum Gasteiger partial charge on any atom is 0.119 e. The van der Waals surface area contributed by atoms with Crippen molar-refractivity contribution in [1.82, 2.24) is 5.32 Å². The fourth-order valence-electron chi connectivity index (χ4n) is 2.17. The first-order chi connectivity index (χ1) is 9.70. The second-order valence-corrected chi connectivity index (χ2v) is 5.31. The van der Waals surface area contributed by atoms with Crippen LogP contribution in [0.4, 0.5) is 0 Å². The molecule has 2 aromatic carbocycles. The first-order valence-electron chi connectivity index (χ1n) is 7.15. The Balaban J connectivity index is 2.01. The Kier molecular flexibility index (Phi) is 5.19. The predicted molar refractivity (Wildman–Crippen MR) is 84.1 cm³/mol. The van der Waals surface area contributed by atoms with Gasteiger partial charge in [0.2, 0.25) is 0 Å². The monoisotopic (exact) mass is 269 g/mol. The molecule has 0 aliphatic carbocycles. The van der Waals surface area contributed by atoms with Crippen LogP contribution in [0, 0.1) is 0 Å². The molecule has 2 rings (SSSR count). The summed E-state index contributed by atoms with van der Waals surface area (Å²) in [4.78, 5) is 0. The van der Waals surface area contributed by atoms with Gasteiger partial charge < -0.3 is 10.1 Å². The standard InChI is InChI=1S/C18H23NO/c1-14(2)15-8-10-18(11-9-15)20-13-17-7-5-4-6-16(17)12-19-3/h4-11,14,19H,12-13H2,1-3H3.